The second kappa shape index (κ2) is 4.41. The molecular formula is C16H21NO2. The van der Waals surface area contributed by atoms with Gasteiger partial charge in [-0.1, -0.05) is 26.0 Å². The minimum Gasteiger partial charge on any atom is -0.481 e. The Labute approximate surface area is 113 Å². The molecule has 3 nitrogen and oxygen atoms in total. The molecule has 102 valence electrons. The van der Waals surface area contributed by atoms with E-state index in [1.807, 2.05) is 20.8 Å². The average Bonchev–Trinajstić information content (AvgIpc) is 2.61. The summed E-state index contributed by atoms with van der Waals surface area (Å²) in [6.07, 6.45) is 0.133. The number of fused-ring (bicyclic) bond motifs is 1. The van der Waals surface area contributed by atoms with Crippen LogP contribution in [0.15, 0.2) is 12.1 Å². The lowest BCUT2D eigenvalue weighted by molar-refractivity contribution is -0.138. The molecule has 1 heterocycles. The molecule has 0 unspecified atom stereocenters. The molecule has 0 spiro atoms. The minimum absolute atomic E-state index is 0.133. The summed E-state index contributed by atoms with van der Waals surface area (Å²) >= 11 is 0. The normalized spacial score (nSPS) is 12.1. The Bertz CT molecular complexity index is 650. The van der Waals surface area contributed by atoms with Crippen molar-refractivity contribution in [1.29, 1.82) is 0 Å². The first-order valence-corrected chi connectivity index (χ1v) is 6.55. The maximum Gasteiger partial charge on any atom is 0.304 e. The summed E-state index contributed by atoms with van der Waals surface area (Å²) in [6.45, 7) is 10.2. The zero-order valence-electron chi connectivity index (χ0n) is 12.2. The summed E-state index contributed by atoms with van der Waals surface area (Å²) in [5.74, 6) is -0.760. The Kier molecular flexibility index (Phi) is 3.17. The van der Waals surface area contributed by atoms with Crippen molar-refractivity contribution in [2.24, 2.45) is 0 Å². The smallest absolute Gasteiger partial charge is 0.304 e. The number of rotatable bonds is 3. The third kappa shape index (κ3) is 2.25. The van der Waals surface area contributed by atoms with E-state index in [-0.39, 0.29) is 11.8 Å². The van der Waals surface area contributed by atoms with Gasteiger partial charge in [0.15, 0.2) is 0 Å². The fourth-order valence-corrected chi connectivity index (χ4v) is 3.04. The van der Waals surface area contributed by atoms with Crippen molar-refractivity contribution in [2.75, 3.05) is 0 Å². The maximum absolute atomic E-state index is 11.1. The molecule has 0 atom stereocenters. The van der Waals surface area contributed by atoms with E-state index in [9.17, 15) is 4.79 Å². The molecule has 1 aromatic heterocycles. The largest absolute Gasteiger partial charge is 0.481 e. The predicted molar refractivity (Wildman–Crippen MR) is 77.8 cm³/mol. The maximum atomic E-state index is 11.1. The molecule has 0 fully saturated rings. The highest BCUT2D eigenvalue weighted by atomic mass is 16.4. The van der Waals surface area contributed by atoms with E-state index in [1.165, 1.54) is 16.5 Å². The highest BCUT2D eigenvalue weighted by molar-refractivity contribution is 5.91. The van der Waals surface area contributed by atoms with E-state index in [2.05, 4.69) is 31.0 Å². The number of carbonyl (C=O) groups is 1. The second-order valence-corrected chi connectivity index (χ2v) is 6.03. The molecule has 0 aliphatic heterocycles. The number of hydrogen-bond donors (Lipinski definition) is 2. The van der Waals surface area contributed by atoms with Crippen molar-refractivity contribution in [2.45, 2.75) is 46.5 Å². The highest BCUT2D eigenvalue weighted by Crippen LogP contribution is 2.38. The molecule has 2 aromatic rings. The van der Waals surface area contributed by atoms with E-state index < -0.39 is 5.97 Å². The molecule has 0 saturated carbocycles. The number of aromatic nitrogens is 1. The predicted octanol–water partition coefficient (Wildman–Crippen LogP) is 3.85. The van der Waals surface area contributed by atoms with E-state index in [4.69, 9.17) is 5.11 Å². The van der Waals surface area contributed by atoms with Crippen LogP contribution in [0.4, 0.5) is 0 Å². The molecule has 0 amide bonds. The molecule has 2 rings (SSSR count). The van der Waals surface area contributed by atoms with Crippen molar-refractivity contribution in [3.8, 4) is 0 Å². The monoisotopic (exact) mass is 259 g/mol. The van der Waals surface area contributed by atoms with Crippen LogP contribution in [0, 0.1) is 20.8 Å². The Hall–Kier alpha value is -1.77. The summed E-state index contributed by atoms with van der Waals surface area (Å²) in [7, 11) is 0. The summed E-state index contributed by atoms with van der Waals surface area (Å²) in [5.41, 5.74) is 5.34. The van der Waals surface area contributed by atoms with Gasteiger partial charge in [-0.2, -0.15) is 0 Å². The lowest BCUT2D eigenvalue weighted by Gasteiger charge is -2.24. The number of aromatic amines is 1. The molecule has 3 heteroatoms. The molecule has 0 aliphatic carbocycles. The van der Waals surface area contributed by atoms with Crippen molar-refractivity contribution in [3.63, 3.8) is 0 Å². The van der Waals surface area contributed by atoms with Gasteiger partial charge in [-0.05, 0) is 37.5 Å². The zero-order chi connectivity index (χ0) is 14.4. The summed E-state index contributed by atoms with van der Waals surface area (Å²) < 4.78 is 0. The van der Waals surface area contributed by atoms with Crippen LogP contribution in [0.1, 0.15) is 42.7 Å². The third-order valence-electron chi connectivity index (χ3n) is 3.83. The van der Waals surface area contributed by atoms with Crippen LogP contribution in [0.5, 0.6) is 0 Å². The molecule has 2 N–H and O–H groups in total. The molecule has 1 aromatic carbocycles. The van der Waals surface area contributed by atoms with E-state index in [0.717, 1.165) is 16.8 Å². The molecular weight excluding hydrogens is 238 g/mol. The van der Waals surface area contributed by atoms with Gasteiger partial charge >= 0.3 is 5.97 Å². The third-order valence-corrected chi connectivity index (χ3v) is 3.83. The van der Waals surface area contributed by atoms with Gasteiger partial charge in [0.2, 0.25) is 0 Å². The molecule has 0 bridgehead atoms. The quantitative estimate of drug-likeness (QED) is 0.879. The van der Waals surface area contributed by atoms with Crippen LogP contribution in [0.3, 0.4) is 0 Å². The van der Waals surface area contributed by atoms with Gasteiger partial charge in [-0.15, -0.1) is 0 Å². The first-order valence-electron chi connectivity index (χ1n) is 6.55. The number of aliphatic carboxylic acids is 1. The molecule has 19 heavy (non-hydrogen) atoms. The van der Waals surface area contributed by atoms with Gasteiger partial charge in [-0.25, -0.2) is 0 Å². The standard InChI is InChI=1S/C16H21NO2/c1-9-6-7-10(2)15-13(9)14(11(3)17-15)16(4,5)8-12(18)19/h6-7,17H,8H2,1-5H3,(H,18,19). The van der Waals surface area contributed by atoms with E-state index in [0.29, 0.717) is 0 Å². The number of H-pyrrole nitrogens is 1. The van der Waals surface area contributed by atoms with Crippen LogP contribution in [0.25, 0.3) is 10.9 Å². The topological polar surface area (TPSA) is 53.1 Å². The van der Waals surface area contributed by atoms with Crippen LogP contribution >= 0.6 is 0 Å². The second-order valence-electron chi connectivity index (χ2n) is 6.03. The van der Waals surface area contributed by atoms with Gasteiger partial charge in [0, 0.05) is 22.0 Å². The van der Waals surface area contributed by atoms with Crippen LogP contribution in [-0.2, 0) is 10.2 Å². The van der Waals surface area contributed by atoms with Crippen LogP contribution in [0.2, 0.25) is 0 Å². The zero-order valence-corrected chi connectivity index (χ0v) is 12.2. The van der Waals surface area contributed by atoms with Gasteiger partial charge in [0.1, 0.15) is 0 Å². The summed E-state index contributed by atoms with van der Waals surface area (Å²) in [6, 6.07) is 4.20. The first kappa shape index (κ1) is 13.7. The number of carboxylic acid groups (broad SMARTS) is 1. The molecule has 0 radical (unpaired) electrons. The van der Waals surface area contributed by atoms with Crippen LogP contribution in [-0.4, -0.2) is 16.1 Å². The Morgan fingerprint density at radius 3 is 2.37 bits per heavy atom. The number of hydrogen-bond acceptors (Lipinski definition) is 1. The van der Waals surface area contributed by atoms with Gasteiger partial charge in [0.25, 0.3) is 0 Å². The first-order chi connectivity index (χ1) is 8.74. The fourth-order valence-electron chi connectivity index (χ4n) is 3.04. The number of nitrogens with one attached hydrogen (secondary N) is 1. The fraction of sp³-hybridized carbons (Fsp3) is 0.438. The molecule has 0 aliphatic rings. The Morgan fingerprint density at radius 2 is 1.79 bits per heavy atom. The molecule has 0 saturated heterocycles. The number of carboxylic acids is 1. The van der Waals surface area contributed by atoms with Crippen molar-refractivity contribution in [3.05, 3.63) is 34.5 Å². The van der Waals surface area contributed by atoms with Crippen molar-refractivity contribution >= 4 is 16.9 Å². The van der Waals surface area contributed by atoms with Crippen molar-refractivity contribution in [1.82, 2.24) is 4.98 Å². The lowest BCUT2D eigenvalue weighted by Crippen LogP contribution is -2.22. The average molecular weight is 259 g/mol. The number of benzene rings is 1. The van der Waals surface area contributed by atoms with E-state index in [1.54, 1.807) is 0 Å². The SMILES string of the molecule is Cc1[nH]c2c(C)ccc(C)c2c1C(C)(C)CC(=O)O. The number of aryl methyl sites for hydroxylation is 3. The lowest BCUT2D eigenvalue weighted by atomic mass is 9.79. The summed E-state index contributed by atoms with van der Waals surface area (Å²) in [5, 5.41) is 10.3. The van der Waals surface area contributed by atoms with Crippen LogP contribution < -0.4 is 0 Å². The minimum atomic E-state index is -0.760. The van der Waals surface area contributed by atoms with Gasteiger partial charge in [0.05, 0.1) is 6.42 Å². The van der Waals surface area contributed by atoms with Gasteiger partial charge < -0.3 is 10.1 Å². The Balaban J connectivity index is 2.77. The van der Waals surface area contributed by atoms with Gasteiger partial charge in [-0.3, -0.25) is 4.79 Å². The Morgan fingerprint density at radius 1 is 1.21 bits per heavy atom. The van der Waals surface area contributed by atoms with Crippen molar-refractivity contribution < 1.29 is 9.90 Å². The van der Waals surface area contributed by atoms with E-state index >= 15 is 0 Å². The summed E-state index contributed by atoms with van der Waals surface area (Å²) in [4.78, 5) is 14.5. The highest BCUT2D eigenvalue weighted by Gasteiger charge is 2.29.